The Hall–Kier alpha value is -1.00. The molecule has 0 aliphatic heterocycles. The minimum atomic E-state index is -0.448. The molecule has 17 heavy (non-hydrogen) atoms. The number of hydrogen-bond donors (Lipinski definition) is 0. The number of hydrogen-bond acceptors (Lipinski definition) is 2. The molecule has 2 rings (SSSR count). The SMILES string of the molecule is O=NC(c1ccc(Br)cc1)c1ccc(Br)cc1. The summed E-state index contributed by atoms with van der Waals surface area (Å²) in [4.78, 5) is 11.0. The first-order chi connectivity index (χ1) is 8.20. The highest BCUT2D eigenvalue weighted by atomic mass is 79.9. The number of nitroso groups, excluding NO2 is 1. The van der Waals surface area contributed by atoms with Crippen LogP contribution in [-0.2, 0) is 0 Å². The van der Waals surface area contributed by atoms with Crippen molar-refractivity contribution >= 4 is 31.9 Å². The summed E-state index contributed by atoms with van der Waals surface area (Å²) in [5.74, 6) is 0. The van der Waals surface area contributed by atoms with Gasteiger partial charge >= 0.3 is 0 Å². The van der Waals surface area contributed by atoms with Crippen molar-refractivity contribution in [3.63, 3.8) is 0 Å². The third-order valence-corrected chi connectivity index (χ3v) is 3.53. The van der Waals surface area contributed by atoms with Gasteiger partial charge in [0.2, 0.25) is 0 Å². The van der Waals surface area contributed by atoms with Crippen molar-refractivity contribution in [3.05, 3.63) is 73.5 Å². The van der Waals surface area contributed by atoms with E-state index >= 15 is 0 Å². The molecule has 0 atom stereocenters. The third-order valence-electron chi connectivity index (χ3n) is 2.48. The third kappa shape index (κ3) is 3.01. The Morgan fingerprint density at radius 3 is 1.41 bits per heavy atom. The van der Waals surface area contributed by atoms with Crippen LogP contribution in [-0.4, -0.2) is 0 Å². The minimum absolute atomic E-state index is 0.448. The molecule has 0 bridgehead atoms. The van der Waals surface area contributed by atoms with E-state index in [1.54, 1.807) is 0 Å². The van der Waals surface area contributed by atoms with Crippen LogP contribution >= 0.6 is 31.9 Å². The molecule has 86 valence electrons. The van der Waals surface area contributed by atoms with Gasteiger partial charge in [-0.15, -0.1) is 4.91 Å². The summed E-state index contributed by atoms with van der Waals surface area (Å²) in [6, 6.07) is 14.8. The van der Waals surface area contributed by atoms with Crippen LogP contribution in [0.3, 0.4) is 0 Å². The van der Waals surface area contributed by atoms with Gasteiger partial charge in [-0.2, -0.15) is 0 Å². The molecule has 4 heteroatoms. The second-order valence-corrected chi connectivity index (χ2v) is 5.44. The summed E-state index contributed by atoms with van der Waals surface area (Å²) in [6.45, 7) is 0. The van der Waals surface area contributed by atoms with E-state index in [9.17, 15) is 4.91 Å². The first-order valence-corrected chi connectivity index (χ1v) is 6.62. The predicted octanol–water partition coefficient (Wildman–Crippen LogP) is 5.07. The molecule has 0 amide bonds. The van der Waals surface area contributed by atoms with Crippen molar-refractivity contribution in [1.29, 1.82) is 0 Å². The molecule has 2 aromatic rings. The second kappa shape index (κ2) is 5.56. The molecule has 0 fully saturated rings. The molecular weight excluding hydrogens is 346 g/mol. The Balaban J connectivity index is 2.36. The maximum absolute atomic E-state index is 11.0. The molecule has 0 N–H and O–H groups in total. The number of benzene rings is 2. The van der Waals surface area contributed by atoms with Crippen LogP contribution in [0, 0.1) is 4.91 Å². The van der Waals surface area contributed by atoms with E-state index in [1.807, 2.05) is 48.5 Å². The second-order valence-electron chi connectivity index (χ2n) is 3.61. The highest BCUT2D eigenvalue weighted by Crippen LogP contribution is 2.27. The Labute approximate surface area is 116 Å². The summed E-state index contributed by atoms with van der Waals surface area (Å²) in [5.41, 5.74) is 1.79. The van der Waals surface area contributed by atoms with Crippen LogP contribution in [0.5, 0.6) is 0 Å². The minimum Gasteiger partial charge on any atom is -0.150 e. The van der Waals surface area contributed by atoms with Crippen LogP contribution in [0.1, 0.15) is 17.2 Å². The van der Waals surface area contributed by atoms with E-state index in [2.05, 4.69) is 37.0 Å². The molecule has 2 aromatic carbocycles. The Morgan fingerprint density at radius 2 is 1.12 bits per heavy atom. The zero-order chi connectivity index (χ0) is 12.3. The molecule has 2 nitrogen and oxygen atoms in total. The topological polar surface area (TPSA) is 29.4 Å². The van der Waals surface area contributed by atoms with Crippen LogP contribution in [0.2, 0.25) is 0 Å². The van der Waals surface area contributed by atoms with Crippen LogP contribution in [0.25, 0.3) is 0 Å². The molecule has 0 aliphatic carbocycles. The van der Waals surface area contributed by atoms with Gasteiger partial charge in [0.15, 0.2) is 0 Å². The summed E-state index contributed by atoms with van der Waals surface area (Å²) in [7, 11) is 0. The lowest BCUT2D eigenvalue weighted by molar-refractivity contribution is 0.863. The van der Waals surface area contributed by atoms with E-state index in [0.29, 0.717) is 0 Å². The van der Waals surface area contributed by atoms with E-state index in [0.717, 1.165) is 20.1 Å². The number of halogens is 2. The van der Waals surface area contributed by atoms with Crippen molar-refractivity contribution in [2.45, 2.75) is 6.04 Å². The van der Waals surface area contributed by atoms with Gasteiger partial charge in [-0.05, 0) is 35.4 Å². The van der Waals surface area contributed by atoms with Gasteiger partial charge in [0, 0.05) is 8.95 Å². The van der Waals surface area contributed by atoms with Crippen molar-refractivity contribution in [1.82, 2.24) is 0 Å². The fourth-order valence-electron chi connectivity index (χ4n) is 1.60. The largest absolute Gasteiger partial charge is 0.150 e. The average molecular weight is 355 g/mol. The fraction of sp³-hybridized carbons (Fsp3) is 0.0769. The van der Waals surface area contributed by atoms with Gasteiger partial charge in [-0.1, -0.05) is 61.3 Å². The van der Waals surface area contributed by atoms with Gasteiger partial charge in [-0.25, -0.2) is 0 Å². The highest BCUT2D eigenvalue weighted by molar-refractivity contribution is 9.10. The summed E-state index contributed by atoms with van der Waals surface area (Å²) in [6.07, 6.45) is 0. The zero-order valence-corrected chi connectivity index (χ0v) is 12.0. The predicted molar refractivity (Wildman–Crippen MR) is 75.9 cm³/mol. The lowest BCUT2D eigenvalue weighted by Crippen LogP contribution is -1.96. The Kier molecular flexibility index (Phi) is 4.07. The summed E-state index contributed by atoms with van der Waals surface area (Å²) in [5, 5.41) is 3.21. The van der Waals surface area contributed by atoms with E-state index < -0.39 is 6.04 Å². The smallest absolute Gasteiger partial charge is 0.142 e. The van der Waals surface area contributed by atoms with Crippen LogP contribution in [0.4, 0.5) is 0 Å². The fourth-order valence-corrected chi connectivity index (χ4v) is 2.13. The quantitative estimate of drug-likeness (QED) is 0.707. The normalized spacial score (nSPS) is 10.5. The zero-order valence-electron chi connectivity index (χ0n) is 8.81. The van der Waals surface area contributed by atoms with Crippen molar-refractivity contribution in [3.8, 4) is 0 Å². The molecule has 0 heterocycles. The first-order valence-electron chi connectivity index (χ1n) is 5.04. The molecule has 0 aliphatic rings. The van der Waals surface area contributed by atoms with E-state index in [1.165, 1.54) is 0 Å². The van der Waals surface area contributed by atoms with Crippen molar-refractivity contribution in [2.24, 2.45) is 5.18 Å². The first kappa shape index (κ1) is 12.5. The lowest BCUT2D eigenvalue weighted by atomic mass is 10.00. The lowest BCUT2D eigenvalue weighted by Gasteiger charge is -2.10. The van der Waals surface area contributed by atoms with Gasteiger partial charge in [0.25, 0.3) is 0 Å². The van der Waals surface area contributed by atoms with Gasteiger partial charge in [-0.3, -0.25) is 0 Å². The monoisotopic (exact) mass is 353 g/mol. The molecule has 0 saturated heterocycles. The van der Waals surface area contributed by atoms with E-state index in [-0.39, 0.29) is 0 Å². The maximum Gasteiger partial charge on any atom is 0.142 e. The van der Waals surface area contributed by atoms with E-state index in [4.69, 9.17) is 0 Å². The number of rotatable bonds is 3. The molecule has 0 unspecified atom stereocenters. The van der Waals surface area contributed by atoms with Crippen LogP contribution < -0.4 is 0 Å². The molecule has 0 saturated carbocycles. The maximum atomic E-state index is 11.0. The average Bonchev–Trinajstić information content (AvgIpc) is 2.35. The summed E-state index contributed by atoms with van der Waals surface area (Å²) >= 11 is 6.73. The highest BCUT2D eigenvalue weighted by Gasteiger charge is 2.14. The van der Waals surface area contributed by atoms with Gasteiger partial charge < -0.3 is 0 Å². The Morgan fingerprint density at radius 1 is 0.765 bits per heavy atom. The summed E-state index contributed by atoms with van der Waals surface area (Å²) < 4.78 is 1.98. The van der Waals surface area contributed by atoms with Crippen LogP contribution in [0.15, 0.2) is 62.7 Å². The standard InChI is InChI=1S/C13H9Br2NO/c14-11-5-1-9(2-6-11)13(16-17)10-3-7-12(15)8-4-10/h1-8,13H. The number of nitrogens with zero attached hydrogens (tertiary/aromatic N) is 1. The molecule has 0 radical (unpaired) electrons. The molecular formula is C13H9Br2NO. The molecule has 0 spiro atoms. The van der Waals surface area contributed by atoms with Gasteiger partial charge in [0.1, 0.15) is 6.04 Å². The van der Waals surface area contributed by atoms with Crippen molar-refractivity contribution in [2.75, 3.05) is 0 Å². The Bertz CT molecular complexity index is 462. The molecule has 0 aromatic heterocycles. The van der Waals surface area contributed by atoms with Gasteiger partial charge in [0.05, 0.1) is 0 Å². The van der Waals surface area contributed by atoms with Crippen molar-refractivity contribution < 1.29 is 0 Å².